The summed E-state index contributed by atoms with van der Waals surface area (Å²) < 4.78 is 1.81. The molecule has 36 heavy (non-hydrogen) atoms. The first-order chi connectivity index (χ1) is 17.0. The van der Waals surface area contributed by atoms with Crippen LogP contribution in [0.4, 0.5) is 0 Å². The maximum absolute atomic E-state index is 3.42. The van der Waals surface area contributed by atoms with Crippen molar-refractivity contribution < 1.29 is 8.97 Å². The van der Waals surface area contributed by atoms with Crippen LogP contribution < -0.4 is 0 Å². The number of hydrogen-bond donors (Lipinski definition) is 0. The van der Waals surface area contributed by atoms with Gasteiger partial charge < -0.3 is 8.97 Å². The Labute approximate surface area is 222 Å². The number of nitrogens with zero attached hydrogens (tertiary/aromatic N) is 2. The summed E-state index contributed by atoms with van der Waals surface area (Å²) >= 11 is 0. The van der Waals surface area contributed by atoms with Gasteiger partial charge >= 0.3 is 0 Å². The molecule has 0 amide bonds. The van der Waals surface area contributed by atoms with Gasteiger partial charge in [0.25, 0.3) is 0 Å². The van der Waals surface area contributed by atoms with Gasteiger partial charge in [0.2, 0.25) is 0 Å². The number of unbranched alkanes of at least 4 members (excludes halogenated alkanes) is 8. The molecule has 0 radical (unpaired) electrons. The fraction of sp³-hybridized carbons (Fsp3) is 0.529. The second kappa shape index (κ2) is 14.9. The van der Waals surface area contributed by atoms with Gasteiger partial charge in [-0.25, -0.2) is 0 Å². The Balaban J connectivity index is 1.95. The normalized spacial score (nSPS) is 11.4. The number of benzene rings is 2. The molecule has 0 aliphatic heterocycles. The lowest BCUT2D eigenvalue weighted by atomic mass is 10.0. The lowest BCUT2D eigenvalue weighted by molar-refractivity contribution is -0.884. The minimum absolute atomic E-state index is 0.905. The third-order valence-electron chi connectivity index (χ3n) is 5.99. The van der Waals surface area contributed by atoms with Gasteiger partial charge in [0.1, 0.15) is 13.1 Å². The highest BCUT2D eigenvalue weighted by molar-refractivity contribution is 5.47. The van der Waals surface area contributed by atoms with Gasteiger partial charge in [-0.05, 0) is 48.9 Å². The van der Waals surface area contributed by atoms with Crippen LogP contribution in [0.2, 0.25) is 0 Å². The summed E-state index contributed by atoms with van der Waals surface area (Å²) in [7, 11) is 13.4. The molecule has 0 aliphatic rings. The molecule has 0 unspecified atom stereocenters. The summed E-state index contributed by atoms with van der Waals surface area (Å²) in [4.78, 5) is 0. The number of rotatable bonds is 12. The lowest BCUT2D eigenvalue weighted by Crippen LogP contribution is -2.34. The van der Waals surface area contributed by atoms with E-state index in [2.05, 4.69) is 115 Å². The fourth-order valence-corrected chi connectivity index (χ4v) is 4.41. The van der Waals surface area contributed by atoms with Gasteiger partial charge in [-0.1, -0.05) is 75.6 Å². The summed E-state index contributed by atoms with van der Waals surface area (Å²) in [6.07, 6.45) is 11.8. The Morgan fingerprint density at radius 3 is 1.47 bits per heavy atom. The Bertz CT molecular complexity index is 1010. The van der Waals surface area contributed by atoms with Gasteiger partial charge in [0.05, 0.1) is 42.3 Å². The van der Waals surface area contributed by atoms with Crippen LogP contribution in [0.3, 0.4) is 0 Å². The smallest absolute Gasteiger partial charge is 0.104 e. The maximum Gasteiger partial charge on any atom is 0.104 e. The van der Waals surface area contributed by atoms with E-state index in [1.807, 2.05) is 0 Å². The average Bonchev–Trinajstić information content (AvgIpc) is 2.77. The molecule has 0 spiro atoms. The minimum Gasteiger partial charge on any atom is -0.327 e. The van der Waals surface area contributed by atoms with E-state index in [0.717, 1.165) is 45.2 Å². The molecule has 0 aromatic heterocycles. The van der Waals surface area contributed by atoms with Crippen LogP contribution in [0, 0.1) is 23.7 Å². The second-order valence-corrected chi connectivity index (χ2v) is 12.3. The van der Waals surface area contributed by atoms with Gasteiger partial charge in [-0.15, -0.1) is 0 Å². The molecule has 0 N–H and O–H groups in total. The molecule has 2 aromatic rings. The van der Waals surface area contributed by atoms with Crippen molar-refractivity contribution in [1.82, 2.24) is 0 Å². The lowest BCUT2D eigenvalue weighted by Gasteiger charge is -2.26. The molecular formula is C34H50N2+2. The monoisotopic (exact) mass is 486 g/mol. The van der Waals surface area contributed by atoms with Crippen LogP contribution in [0.5, 0.6) is 0 Å². The van der Waals surface area contributed by atoms with Crippen molar-refractivity contribution in [2.45, 2.75) is 77.8 Å². The maximum atomic E-state index is 3.42. The van der Waals surface area contributed by atoms with Crippen LogP contribution in [-0.2, 0) is 13.1 Å². The number of hydrogen-bond acceptors (Lipinski definition) is 0. The summed E-state index contributed by atoms with van der Waals surface area (Å²) in [5, 5.41) is 0. The van der Waals surface area contributed by atoms with E-state index in [4.69, 9.17) is 0 Å². The van der Waals surface area contributed by atoms with Gasteiger partial charge in [0.15, 0.2) is 0 Å². The predicted octanol–water partition coefficient (Wildman–Crippen LogP) is 7.38. The van der Waals surface area contributed by atoms with E-state index < -0.39 is 0 Å². The summed E-state index contributed by atoms with van der Waals surface area (Å²) in [5.41, 5.74) is 5.91. The fourth-order valence-electron chi connectivity index (χ4n) is 4.41. The third-order valence-corrected chi connectivity index (χ3v) is 5.99. The van der Waals surface area contributed by atoms with Crippen molar-refractivity contribution in [1.29, 1.82) is 0 Å². The largest absolute Gasteiger partial charge is 0.327 e. The number of quaternary nitrogens is 2. The molecule has 0 saturated heterocycles. The first kappa shape index (κ1) is 29.7. The van der Waals surface area contributed by atoms with E-state index >= 15 is 0 Å². The van der Waals surface area contributed by atoms with Crippen LogP contribution >= 0.6 is 0 Å². The first-order valence-electron chi connectivity index (χ1n) is 13.9. The average molecular weight is 487 g/mol. The van der Waals surface area contributed by atoms with Crippen LogP contribution in [0.15, 0.2) is 42.5 Å². The first-order valence-corrected chi connectivity index (χ1v) is 13.9. The topological polar surface area (TPSA) is 0 Å². The van der Waals surface area contributed by atoms with E-state index in [1.54, 1.807) is 0 Å². The molecule has 0 saturated carbocycles. The second-order valence-electron chi connectivity index (χ2n) is 12.3. The van der Waals surface area contributed by atoms with Crippen molar-refractivity contribution in [3.05, 3.63) is 70.3 Å². The van der Waals surface area contributed by atoms with E-state index in [0.29, 0.717) is 0 Å². The molecule has 2 rings (SSSR count). The zero-order valence-corrected chi connectivity index (χ0v) is 24.2. The van der Waals surface area contributed by atoms with Crippen LogP contribution in [0.1, 0.15) is 92.5 Å². The summed E-state index contributed by atoms with van der Waals surface area (Å²) in [5.74, 6) is 13.5. The molecular weight excluding hydrogens is 436 g/mol. The molecule has 2 nitrogen and oxygen atoms in total. The zero-order valence-electron chi connectivity index (χ0n) is 24.2. The van der Waals surface area contributed by atoms with Crippen molar-refractivity contribution in [2.24, 2.45) is 0 Å². The highest BCUT2D eigenvalue weighted by atomic mass is 15.3. The van der Waals surface area contributed by atoms with Crippen LogP contribution in [0.25, 0.3) is 0 Å². The molecule has 0 atom stereocenters. The Kier molecular flexibility index (Phi) is 12.3. The van der Waals surface area contributed by atoms with Crippen molar-refractivity contribution in [2.75, 3.05) is 42.3 Å². The minimum atomic E-state index is 0.905. The summed E-state index contributed by atoms with van der Waals surface area (Å²) in [6.45, 7) is 4.26. The molecule has 194 valence electrons. The van der Waals surface area contributed by atoms with Crippen molar-refractivity contribution in [3.8, 4) is 23.7 Å². The Morgan fingerprint density at radius 2 is 0.972 bits per heavy atom. The van der Waals surface area contributed by atoms with Crippen molar-refractivity contribution in [3.63, 3.8) is 0 Å². The highest BCUT2D eigenvalue weighted by Crippen LogP contribution is 2.16. The highest BCUT2D eigenvalue weighted by Gasteiger charge is 2.14. The Hall–Kier alpha value is -2.52. The van der Waals surface area contributed by atoms with Crippen LogP contribution in [-0.4, -0.2) is 51.3 Å². The van der Waals surface area contributed by atoms with Gasteiger partial charge in [0, 0.05) is 34.2 Å². The third kappa shape index (κ3) is 13.5. The van der Waals surface area contributed by atoms with E-state index in [-0.39, 0.29) is 0 Å². The molecule has 0 bridgehead atoms. The molecule has 0 heterocycles. The molecule has 2 aromatic carbocycles. The summed E-state index contributed by atoms with van der Waals surface area (Å²) in [6, 6.07) is 15.2. The SMILES string of the molecule is CCCCCCCCCCC#Cc1ccc(C#Cc2cc(C[N+](C)(C)C)cc(C[N+](C)(C)C)c2)cc1. The van der Waals surface area contributed by atoms with Gasteiger partial charge in [-0.3, -0.25) is 0 Å². The molecule has 0 fully saturated rings. The zero-order chi connectivity index (χ0) is 26.4. The predicted molar refractivity (Wildman–Crippen MR) is 156 cm³/mol. The Morgan fingerprint density at radius 1 is 0.528 bits per heavy atom. The molecule has 0 aliphatic carbocycles. The van der Waals surface area contributed by atoms with Crippen molar-refractivity contribution >= 4 is 0 Å². The van der Waals surface area contributed by atoms with E-state index in [1.165, 1.54) is 62.5 Å². The standard InChI is InChI=1S/C34H50N2/c1-8-9-10-11-12-13-14-15-16-17-18-30-19-21-31(22-20-30)23-24-32-25-33(28-35(2,3)4)27-34(26-32)29-36(5,6)7/h19-22,25-27H,8-16,28-29H2,1-7H3/q+2. The van der Waals surface area contributed by atoms with Gasteiger partial charge in [-0.2, -0.15) is 0 Å². The quantitative estimate of drug-likeness (QED) is 0.167. The van der Waals surface area contributed by atoms with E-state index in [9.17, 15) is 0 Å². The molecule has 2 heteroatoms.